The summed E-state index contributed by atoms with van der Waals surface area (Å²) in [5.41, 5.74) is 9.08. The minimum Gasteiger partial charge on any atom is -1.00 e. The van der Waals surface area contributed by atoms with Gasteiger partial charge in [-0.05, 0) is 90.1 Å². The van der Waals surface area contributed by atoms with E-state index in [1.165, 1.54) is 39.6 Å². The smallest absolute Gasteiger partial charge is 1.00 e. The third-order valence-corrected chi connectivity index (χ3v) is 10.1. The van der Waals surface area contributed by atoms with Gasteiger partial charge in [0.2, 0.25) is 0 Å². The van der Waals surface area contributed by atoms with Gasteiger partial charge in [0.05, 0.1) is 26.4 Å². The Kier molecular flexibility index (Phi) is 54.3. The van der Waals surface area contributed by atoms with E-state index in [9.17, 15) is 15.0 Å². The molecule has 6 aromatic carbocycles. The maximum atomic E-state index is 10.1. The van der Waals surface area contributed by atoms with Gasteiger partial charge in [-0.25, -0.2) is 0 Å². The first kappa shape index (κ1) is 73.1. The van der Waals surface area contributed by atoms with Crippen LogP contribution in [0, 0.1) is 6.07 Å². The Hall–Kier alpha value is -2.10. The summed E-state index contributed by atoms with van der Waals surface area (Å²) in [5, 5.41) is 35.7. The van der Waals surface area contributed by atoms with Crippen molar-refractivity contribution in [1.82, 2.24) is 0 Å². The van der Waals surface area contributed by atoms with E-state index in [0.29, 0.717) is 19.8 Å². The number of aliphatic hydroxyl groups is 4. The number of aliphatic hydroxyl groups excluding tert-OH is 4. The van der Waals surface area contributed by atoms with Crippen LogP contribution in [0.5, 0.6) is 0 Å². The Morgan fingerprint density at radius 2 is 1.03 bits per heavy atom. The minimum absolute atomic E-state index is 0. The molecule has 1 saturated heterocycles. The number of aryl methyl sites for hydroxylation is 4. The zero-order valence-corrected chi connectivity index (χ0v) is 51.2. The minimum atomic E-state index is -0.739. The average Bonchev–Trinajstić information content (AvgIpc) is 4.02. The number of ether oxygens (including phenoxy) is 3. The molecule has 2 unspecified atom stereocenters. The first-order valence-corrected chi connectivity index (χ1v) is 30.6. The van der Waals surface area contributed by atoms with Crippen molar-refractivity contribution >= 4 is 82.5 Å². The predicted octanol–water partition coefficient (Wildman–Crippen LogP) is 10.4. The second kappa shape index (κ2) is 52.7. The molecule has 0 amide bonds. The summed E-state index contributed by atoms with van der Waals surface area (Å²) >= 11 is 7.64. The van der Waals surface area contributed by atoms with E-state index < -0.39 is 12.2 Å². The number of aldehydes is 1. The zero-order chi connectivity index (χ0) is 51.2. The molecule has 0 spiro atoms. The molecule has 2 atom stereocenters. The quantitative estimate of drug-likeness (QED) is 0.0263. The van der Waals surface area contributed by atoms with Gasteiger partial charge >= 0.3 is 23.1 Å². The first-order valence-electron chi connectivity index (χ1n) is 23.5. The molecule has 0 radical (unpaired) electrons. The molecule has 1 heterocycles. The Morgan fingerprint density at radius 1 is 0.606 bits per heavy atom. The number of hydrogen-bond acceptors (Lipinski definition) is 8. The zero-order valence-electron chi connectivity index (χ0n) is 42.3. The molecule has 1 aliphatic rings. The van der Waals surface area contributed by atoms with Crippen LogP contribution in [0.25, 0.3) is 0 Å². The monoisotopic (exact) mass is 1340 g/mol. The number of hydrogen-bond donors (Lipinski definition) is 4. The molecule has 4 N–H and O–H groups in total. The maximum absolute atomic E-state index is 10.1. The first-order chi connectivity index (χ1) is 33.7. The number of benzene rings is 6. The summed E-state index contributed by atoms with van der Waals surface area (Å²) in [4.78, 5) is 9.87. The van der Waals surface area contributed by atoms with Crippen molar-refractivity contribution in [3.05, 3.63) is 213 Å². The third kappa shape index (κ3) is 40.0. The molecule has 0 saturated carbocycles. The fraction of sp³-hybridized carbons (Fsp3) is 0.362. The van der Waals surface area contributed by atoms with Crippen molar-refractivity contribution in [2.24, 2.45) is 0 Å². The SMILES string of the molecule is C1CCOC1.CCO.CCc1c[c-]ccc1.CCc1cccc(Br)c1.CCc1cccc(C(O)CO)c1.CCc1cccc(C(O)COCc2ccccc2)c1.II.O=CCOCc1ccccc1.[Br-].[Mg+2]. The molecule has 386 valence electrons. The van der Waals surface area contributed by atoms with Crippen LogP contribution < -0.4 is 17.0 Å². The summed E-state index contributed by atoms with van der Waals surface area (Å²) in [6.07, 6.45) is 6.16. The summed E-state index contributed by atoms with van der Waals surface area (Å²) in [5.74, 6) is 0. The van der Waals surface area contributed by atoms with Crippen molar-refractivity contribution in [2.45, 2.75) is 98.6 Å². The molecular weight excluding hydrogens is 1260 g/mol. The summed E-state index contributed by atoms with van der Waals surface area (Å²) < 4.78 is 16.7. The van der Waals surface area contributed by atoms with E-state index in [0.717, 1.165) is 67.4 Å². The van der Waals surface area contributed by atoms with Gasteiger partial charge in [0, 0.05) is 61.5 Å². The molecule has 7 rings (SSSR count). The summed E-state index contributed by atoms with van der Waals surface area (Å²) in [6, 6.07) is 54.9. The molecule has 13 heteroatoms. The molecule has 6 aromatic rings. The molecular formula is C58H76Br2I2MgO8. The molecule has 1 aliphatic heterocycles. The van der Waals surface area contributed by atoms with Crippen LogP contribution in [0.15, 0.2) is 162 Å². The van der Waals surface area contributed by atoms with E-state index in [2.05, 4.69) is 117 Å². The standard InChI is InChI=1S/C17H20O2.C10H14O2.C9H10O2.C8H9Br.C8H9.C4H8O.C2H6O.BrH.I2.Mg/c1-2-14-9-6-10-16(11-14)17(18)13-19-12-15-7-4-3-5-8-15;1-2-8-4-3-5-9(6-8)10(12)7-11;10-6-7-11-8-9-4-2-1-3-5-9;1-2-7-4-3-5-8(9)6-7;1-2-8-6-4-3-5-7-8;1-2-4-5-3-1;1-2-3;;1-2;/h3-11,17-18H,2,12-13H2,1H3;3-6,10-12H,2,7H2,1H3;1-6H,7-8H2;3-6H,2H2,1H3;3-4,6-7H,2H2,1H3;1-4H2;3H,2H2,1H3;1H;;/q;;;;-1;;;;;+2/p-1. The number of carbonyl (C=O) groups excluding carboxylic acids is 1. The van der Waals surface area contributed by atoms with Crippen molar-refractivity contribution in [3.63, 3.8) is 0 Å². The van der Waals surface area contributed by atoms with Crippen LogP contribution in [0.3, 0.4) is 0 Å². The van der Waals surface area contributed by atoms with E-state index >= 15 is 0 Å². The molecule has 1 fully saturated rings. The van der Waals surface area contributed by atoms with Crippen LogP contribution in [-0.2, 0) is 57.9 Å². The Bertz CT molecular complexity index is 2050. The number of rotatable bonds is 15. The molecule has 8 nitrogen and oxygen atoms in total. The van der Waals surface area contributed by atoms with E-state index in [1.807, 2.05) is 127 Å². The van der Waals surface area contributed by atoms with E-state index in [1.54, 1.807) is 6.92 Å². The molecule has 0 aliphatic carbocycles. The van der Waals surface area contributed by atoms with Gasteiger partial charge in [0.25, 0.3) is 0 Å². The van der Waals surface area contributed by atoms with Gasteiger partial charge < -0.3 is 56.4 Å². The Morgan fingerprint density at radius 3 is 1.39 bits per heavy atom. The molecule has 0 aromatic heterocycles. The van der Waals surface area contributed by atoms with Crippen LogP contribution in [0.1, 0.15) is 104 Å². The topological polar surface area (TPSA) is 126 Å². The summed E-state index contributed by atoms with van der Waals surface area (Å²) in [6.45, 7) is 13.7. The maximum Gasteiger partial charge on any atom is 2.00 e. The van der Waals surface area contributed by atoms with Crippen molar-refractivity contribution in [3.8, 4) is 0 Å². The fourth-order valence-electron chi connectivity index (χ4n) is 5.82. The second-order valence-corrected chi connectivity index (χ2v) is 15.9. The van der Waals surface area contributed by atoms with Crippen LogP contribution in [0.4, 0.5) is 0 Å². The second-order valence-electron chi connectivity index (χ2n) is 15.0. The fourth-order valence-corrected chi connectivity index (χ4v) is 6.27. The number of carbonyl (C=O) groups is 1. The van der Waals surface area contributed by atoms with Gasteiger partial charge in [0.15, 0.2) is 0 Å². The molecule has 0 bridgehead atoms. The van der Waals surface area contributed by atoms with Crippen LogP contribution >= 0.6 is 53.2 Å². The Balaban J connectivity index is -0.000000791. The Labute approximate surface area is 485 Å². The van der Waals surface area contributed by atoms with Gasteiger partial charge in [-0.1, -0.05) is 171 Å². The van der Waals surface area contributed by atoms with Gasteiger partial charge in [-0.3, -0.25) is 0 Å². The van der Waals surface area contributed by atoms with Crippen molar-refractivity contribution in [2.75, 3.05) is 39.6 Å². The van der Waals surface area contributed by atoms with Crippen molar-refractivity contribution < 1.29 is 56.4 Å². The average molecular weight is 1340 g/mol. The van der Waals surface area contributed by atoms with Crippen LogP contribution in [0.2, 0.25) is 0 Å². The third-order valence-electron chi connectivity index (χ3n) is 9.65. The predicted molar refractivity (Wildman–Crippen MR) is 312 cm³/mol. The molecule has 71 heavy (non-hydrogen) atoms. The van der Waals surface area contributed by atoms with Gasteiger partial charge in [-0.2, -0.15) is 35.9 Å². The summed E-state index contributed by atoms with van der Waals surface area (Å²) in [7, 11) is 0. The number of halogens is 4. The largest absolute Gasteiger partial charge is 2.00 e. The van der Waals surface area contributed by atoms with Crippen molar-refractivity contribution in [1.29, 1.82) is 0 Å². The van der Waals surface area contributed by atoms with Gasteiger partial charge in [-0.15, -0.1) is 0 Å². The van der Waals surface area contributed by atoms with E-state index in [4.69, 9.17) is 24.4 Å². The van der Waals surface area contributed by atoms with Gasteiger partial charge in [0.1, 0.15) is 25.1 Å². The van der Waals surface area contributed by atoms with E-state index in [-0.39, 0.29) is 59.9 Å². The normalized spacial score (nSPS) is 11.2. The van der Waals surface area contributed by atoms with Crippen LogP contribution in [-0.4, -0.2) is 89.4 Å².